The van der Waals surface area contributed by atoms with Gasteiger partial charge in [-0.2, -0.15) is 0 Å². The summed E-state index contributed by atoms with van der Waals surface area (Å²) in [6.07, 6.45) is 2.51. The summed E-state index contributed by atoms with van der Waals surface area (Å²) in [7, 11) is 2.23. The molecule has 0 aliphatic rings. The van der Waals surface area contributed by atoms with Gasteiger partial charge in [-0.1, -0.05) is 43.7 Å². The number of hydrogen-bond donors (Lipinski definition) is 1. The third-order valence-electron chi connectivity index (χ3n) is 3.79. The van der Waals surface area contributed by atoms with Gasteiger partial charge in [0.05, 0.1) is 0 Å². The molecule has 0 saturated carbocycles. The average Bonchev–Trinajstić information content (AvgIpc) is 2.37. The van der Waals surface area contributed by atoms with Gasteiger partial charge in [0.25, 0.3) is 0 Å². The van der Waals surface area contributed by atoms with Crippen LogP contribution in [0.3, 0.4) is 0 Å². The fraction of sp³-hybridized carbons (Fsp3) is 0.667. The lowest BCUT2D eigenvalue weighted by atomic mass is 10.1. The minimum Gasteiger partial charge on any atom is -0.316 e. The summed E-state index contributed by atoms with van der Waals surface area (Å²) >= 11 is 0. The van der Waals surface area contributed by atoms with Crippen LogP contribution < -0.4 is 5.32 Å². The highest BCUT2D eigenvalue weighted by molar-refractivity contribution is 5.22. The molecular weight excluding hydrogens is 244 g/mol. The number of nitrogens with zero attached hydrogens (tertiary/aromatic N) is 1. The van der Waals surface area contributed by atoms with Gasteiger partial charge in [0, 0.05) is 12.6 Å². The summed E-state index contributed by atoms with van der Waals surface area (Å²) in [4.78, 5) is 2.46. The van der Waals surface area contributed by atoms with Crippen molar-refractivity contribution in [3.8, 4) is 0 Å². The van der Waals surface area contributed by atoms with Gasteiger partial charge in [0.1, 0.15) is 0 Å². The highest BCUT2D eigenvalue weighted by Gasteiger charge is 2.09. The van der Waals surface area contributed by atoms with Crippen LogP contribution in [0.2, 0.25) is 0 Å². The van der Waals surface area contributed by atoms with Gasteiger partial charge in [0.2, 0.25) is 0 Å². The fourth-order valence-electron chi connectivity index (χ4n) is 2.39. The molecule has 1 N–H and O–H groups in total. The van der Waals surface area contributed by atoms with Gasteiger partial charge in [-0.15, -0.1) is 0 Å². The molecule has 0 aromatic heterocycles. The van der Waals surface area contributed by atoms with E-state index in [-0.39, 0.29) is 0 Å². The molecule has 20 heavy (non-hydrogen) atoms. The largest absolute Gasteiger partial charge is 0.316 e. The van der Waals surface area contributed by atoms with E-state index in [4.69, 9.17) is 0 Å². The third-order valence-corrected chi connectivity index (χ3v) is 3.79. The Morgan fingerprint density at radius 2 is 1.95 bits per heavy atom. The van der Waals surface area contributed by atoms with Crippen LogP contribution in [0.15, 0.2) is 24.3 Å². The van der Waals surface area contributed by atoms with Crippen molar-refractivity contribution in [1.82, 2.24) is 10.2 Å². The first kappa shape index (κ1) is 17.2. The van der Waals surface area contributed by atoms with Crippen LogP contribution in [0.4, 0.5) is 0 Å². The van der Waals surface area contributed by atoms with E-state index in [0.717, 1.165) is 25.6 Å². The molecule has 0 fully saturated rings. The van der Waals surface area contributed by atoms with Crippen molar-refractivity contribution in [2.24, 2.45) is 5.92 Å². The molecule has 0 spiro atoms. The Hall–Kier alpha value is -0.860. The molecule has 0 bridgehead atoms. The quantitative estimate of drug-likeness (QED) is 0.689. The van der Waals surface area contributed by atoms with Crippen LogP contribution >= 0.6 is 0 Å². The predicted molar refractivity (Wildman–Crippen MR) is 89.0 cm³/mol. The zero-order chi connectivity index (χ0) is 15.0. The van der Waals surface area contributed by atoms with E-state index in [1.54, 1.807) is 0 Å². The maximum absolute atomic E-state index is 3.52. The zero-order valence-corrected chi connectivity index (χ0v) is 13.9. The zero-order valence-electron chi connectivity index (χ0n) is 13.9. The number of nitrogens with one attached hydrogen (secondary N) is 1. The SMILES string of the molecule is Cc1cccc(CN(C)C(C)CCCNCC(C)C)c1. The van der Waals surface area contributed by atoms with Gasteiger partial charge >= 0.3 is 0 Å². The van der Waals surface area contributed by atoms with E-state index in [0.29, 0.717) is 6.04 Å². The number of aryl methyl sites for hydroxylation is 1. The molecule has 1 rings (SSSR count). The Bertz CT molecular complexity index is 373. The molecular formula is C18H32N2. The Kier molecular flexibility index (Phi) is 7.86. The lowest BCUT2D eigenvalue weighted by Gasteiger charge is -2.25. The molecule has 0 heterocycles. The van der Waals surface area contributed by atoms with E-state index in [2.05, 4.69) is 69.2 Å². The van der Waals surface area contributed by atoms with Crippen molar-refractivity contribution in [3.63, 3.8) is 0 Å². The first-order chi connectivity index (χ1) is 9.49. The summed E-state index contributed by atoms with van der Waals surface area (Å²) in [5, 5.41) is 3.52. The fourth-order valence-corrected chi connectivity index (χ4v) is 2.39. The molecule has 114 valence electrons. The summed E-state index contributed by atoms with van der Waals surface area (Å²) in [5.41, 5.74) is 2.76. The molecule has 2 heteroatoms. The Balaban J connectivity index is 2.23. The van der Waals surface area contributed by atoms with E-state index in [1.165, 1.54) is 24.0 Å². The Labute approximate surface area is 125 Å². The van der Waals surface area contributed by atoms with Gasteiger partial charge in [0.15, 0.2) is 0 Å². The van der Waals surface area contributed by atoms with Crippen LogP contribution in [0.25, 0.3) is 0 Å². The highest BCUT2D eigenvalue weighted by atomic mass is 15.1. The second-order valence-corrected chi connectivity index (χ2v) is 6.49. The van der Waals surface area contributed by atoms with Crippen molar-refractivity contribution >= 4 is 0 Å². The lowest BCUT2D eigenvalue weighted by molar-refractivity contribution is 0.234. The molecule has 1 aromatic carbocycles. The van der Waals surface area contributed by atoms with Crippen LogP contribution in [-0.4, -0.2) is 31.1 Å². The van der Waals surface area contributed by atoms with Crippen LogP contribution in [0, 0.1) is 12.8 Å². The van der Waals surface area contributed by atoms with Crippen molar-refractivity contribution in [3.05, 3.63) is 35.4 Å². The Morgan fingerprint density at radius 1 is 1.20 bits per heavy atom. The van der Waals surface area contributed by atoms with Gasteiger partial charge in [-0.3, -0.25) is 4.90 Å². The number of rotatable bonds is 9. The number of benzene rings is 1. The molecule has 1 atom stereocenters. The van der Waals surface area contributed by atoms with Crippen LogP contribution in [-0.2, 0) is 6.54 Å². The second kappa shape index (κ2) is 9.15. The molecule has 0 aliphatic heterocycles. The summed E-state index contributed by atoms with van der Waals surface area (Å²) in [6.45, 7) is 12.3. The van der Waals surface area contributed by atoms with Crippen molar-refractivity contribution in [1.29, 1.82) is 0 Å². The molecule has 1 aromatic rings. The average molecular weight is 276 g/mol. The Morgan fingerprint density at radius 3 is 2.60 bits per heavy atom. The first-order valence-electron chi connectivity index (χ1n) is 7.95. The monoisotopic (exact) mass is 276 g/mol. The first-order valence-corrected chi connectivity index (χ1v) is 7.95. The summed E-state index contributed by atoms with van der Waals surface area (Å²) < 4.78 is 0. The van der Waals surface area contributed by atoms with Crippen LogP contribution in [0.5, 0.6) is 0 Å². The minimum absolute atomic E-state index is 0.636. The standard InChI is InChI=1S/C18H32N2/c1-15(2)13-19-11-7-9-17(4)20(5)14-18-10-6-8-16(3)12-18/h6,8,10,12,15,17,19H,7,9,11,13-14H2,1-5H3. The minimum atomic E-state index is 0.636. The van der Waals surface area contributed by atoms with Crippen molar-refractivity contribution in [2.45, 2.75) is 53.1 Å². The third kappa shape index (κ3) is 7.06. The molecule has 0 radical (unpaired) electrons. The second-order valence-electron chi connectivity index (χ2n) is 6.49. The van der Waals surface area contributed by atoms with Crippen LogP contribution in [0.1, 0.15) is 44.7 Å². The van der Waals surface area contributed by atoms with Crippen molar-refractivity contribution in [2.75, 3.05) is 20.1 Å². The lowest BCUT2D eigenvalue weighted by Crippen LogP contribution is -2.30. The summed E-state index contributed by atoms with van der Waals surface area (Å²) in [5.74, 6) is 0.747. The molecule has 0 amide bonds. The van der Waals surface area contributed by atoms with E-state index < -0.39 is 0 Å². The smallest absolute Gasteiger partial charge is 0.0233 e. The van der Waals surface area contributed by atoms with Gasteiger partial charge in [-0.25, -0.2) is 0 Å². The molecule has 0 aliphatic carbocycles. The highest BCUT2D eigenvalue weighted by Crippen LogP contribution is 2.11. The number of hydrogen-bond acceptors (Lipinski definition) is 2. The topological polar surface area (TPSA) is 15.3 Å². The van der Waals surface area contributed by atoms with Gasteiger partial charge < -0.3 is 5.32 Å². The molecule has 0 saturated heterocycles. The van der Waals surface area contributed by atoms with Crippen molar-refractivity contribution < 1.29 is 0 Å². The molecule has 1 unspecified atom stereocenters. The van der Waals surface area contributed by atoms with E-state index in [1.807, 2.05) is 0 Å². The normalized spacial score (nSPS) is 13.2. The predicted octanol–water partition coefficient (Wildman–Crippen LogP) is 3.84. The van der Waals surface area contributed by atoms with E-state index >= 15 is 0 Å². The molecule has 2 nitrogen and oxygen atoms in total. The van der Waals surface area contributed by atoms with E-state index in [9.17, 15) is 0 Å². The van der Waals surface area contributed by atoms with Gasteiger partial charge in [-0.05, 0) is 58.3 Å². The maximum atomic E-state index is 3.52. The maximum Gasteiger partial charge on any atom is 0.0233 e. The summed E-state index contributed by atoms with van der Waals surface area (Å²) in [6, 6.07) is 9.46.